The third kappa shape index (κ3) is 3.72. The van der Waals surface area contributed by atoms with Crippen molar-refractivity contribution in [2.75, 3.05) is 52.6 Å². The first-order valence-corrected chi connectivity index (χ1v) is 14.0. The molecule has 1 unspecified atom stereocenters. The summed E-state index contributed by atoms with van der Waals surface area (Å²) in [7, 11) is -6.41. The summed E-state index contributed by atoms with van der Waals surface area (Å²) in [5, 5.41) is 1.45. The van der Waals surface area contributed by atoms with Crippen LogP contribution >= 0.6 is 14.6 Å². The van der Waals surface area contributed by atoms with Gasteiger partial charge in [-0.15, -0.1) is 0 Å². The van der Waals surface area contributed by atoms with Crippen molar-refractivity contribution < 1.29 is 18.6 Å². The van der Waals surface area contributed by atoms with Crippen molar-refractivity contribution in [2.24, 2.45) is 0 Å². The maximum atomic E-state index is 15.0. The molecule has 8 heteroatoms. The summed E-state index contributed by atoms with van der Waals surface area (Å²) in [5.41, 5.74) is 4.08. The number of aryl methyl sites for hydroxylation is 3. The molecule has 3 aliphatic heterocycles. The Morgan fingerprint density at radius 2 is 1.33 bits per heavy atom. The molecule has 3 aliphatic rings. The molecule has 0 saturated carbocycles. The Labute approximate surface area is 179 Å². The number of benzene rings is 1. The van der Waals surface area contributed by atoms with Crippen LogP contribution in [0.5, 0.6) is 0 Å². The second-order valence-electron chi connectivity index (χ2n) is 8.46. The Bertz CT molecular complexity index is 944. The number of morpholine rings is 2. The molecule has 0 radical (unpaired) electrons. The minimum atomic E-state index is -3.24. The number of rotatable bonds is 4. The van der Waals surface area contributed by atoms with E-state index in [-0.39, 0.29) is 0 Å². The van der Waals surface area contributed by atoms with Crippen molar-refractivity contribution in [1.29, 1.82) is 0 Å². The van der Waals surface area contributed by atoms with E-state index in [1.165, 1.54) is 0 Å². The Balaban J connectivity index is 1.89. The van der Waals surface area contributed by atoms with Crippen LogP contribution in [0.15, 0.2) is 34.7 Å². The van der Waals surface area contributed by atoms with Crippen LogP contribution in [0.25, 0.3) is 0 Å². The molecule has 0 amide bonds. The zero-order chi connectivity index (χ0) is 21.5. The van der Waals surface area contributed by atoms with Crippen molar-refractivity contribution >= 4 is 19.9 Å². The fourth-order valence-corrected chi connectivity index (χ4v) is 13.2. The molecule has 1 aromatic rings. The third-order valence-corrected chi connectivity index (χ3v) is 13.8. The van der Waals surface area contributed by atoms with Crippen LogP contribution in [-0.4, -0.2) is 61.9 Å². The predicted molar refractivity (Wildman–Crippen MR) is 122 cm³/mol. The maximum Gasteiger partial charge on any atom is 0.250 e. The predicted octanol–water partition coefficient (Wildman–Crippen LogP) is 4.22. The molecule has 0 spiro atoms. The molecule has 4 rings (SSSR count). The van der Waals surface area contributed by atoms with Gasteiger partial charge in [-0.05, 0) is 56.3 Å². The Morgan fingerprint density at radius 3 is 1.80 bits per heavy atom. The fourth-order valence-electron chi connectivity index (χ4n) is 4.96. The summed E-state index contributed by atoms with van der Waals surface area (Å²) < 4.78 is 45.0. The molecule has 30 heavy (non-hydrogen) atoms. The smallest absolute Gasteiger partial charge is 0.250 e. The van der Waals surface area contributed by atoms with Crippen LogP contribution in [0.4, 0.5) is 0 Å². The SMILES string of the molecule is CC1=CP(=O)(c2c(C)cc(C)cc2C)C(P(=O)(N2CCOCC2)N2CCOCC2)=C1. The molecule has 0 aliphatic carbocycles. The average Bonchev–Trinajstić information content (AvgIpc) is 3.03. The third-order valence-electron chi connectivity index (χ3n) is 6.09. The highest BCUT2D eigenvalue weighted by Gasteiger charge is 2.51. The average molecular weight is 450 g/mol. The molecule has 0 bridgehead atoms. The standard InChI is InChI=1S/C22H32N2O4P2/c1-17-13-19(3)22(20(4)14-17)29(25)16-18(2)15-21(29)30(26,23-5-9-27-10-6-23)24-7-11-28-12-8-24/h13-16H,5-12H2,1-4H3. The topological polar surface area (TPSA) is 59.1 Å². The number of hydrogen-bond acceptors (Lipinski definition) is 4. The molecule has 2 fully saturated rings. The van der Waals surface area contributed by atoms with E-state index in [2.05, 4.69) is 19.1 Å². The van der Waals surface area contributed by atoms with Gasteiger partial charge in [0, 0.05) is 31.5 Å². The summed E-state index contributed by atoms with van der Waals surface area (Å²) in [5.74, 6) is 1.88. The van der Waals surface area contributed by atoms with Gasteiger partial charge in [-0.3, -0.25) is 4.57 Å². The Hall–Kier alpha value is -1.00. The fraction of sp³-hybridized carbons (Fsp3) is 0.545. The quantitative estimate of drug-likeness (QED) is 0.641. The highest BCUT2D eigenvalue weighted by Crippen LogP contribution is 2.77. The number of nitrogens with zero attached hydrogens (tertiary/aromatic N) is 2. The first-order chi connectivity index (χ1) is 14.3. The summed E-state index contributed by atoms with van der Waals surface area (Å²) in [6.07, 6.45) is 1.94. The van der Waals surface area contributed by atoms with Gasteiger partial charge in [0.05, 0.1) is 31.5 Å². The van der Waals surface area contributed by atoms with Gasteiger partial charge in [0.1, 0.15) is 0 Å². The molecule has 164 valence electrons. The molecule has 2 saturated heterocycles. The zero-order valence-corrected chi connectivity index (χ0v) is 20.2. The summed E-state index contributed by atoms with van der Waals surface area (Å²) in [6.45, 7) is 12.5. The lowest BCUT2D eigenvalue weighted by Gasteiger charge is -2.44. The van der Waals surface area contributed by atoms with E-state index in [9.17, 15) is 4.57 Å². The lowest BCUT2D eigenvalue weighted by Crippen LogP contribution is -2.43. The maximum absolute atomic E-state index is 15.0. The minimum absolute atomic E-state index is 0.543. The first-order valence-electron chi connectivity index (χ1n) is 10.6. The van der Waals surface area contributed by atoms with E-state index in [4.69, 9.17) is 9.47 Å². The normalized spacial score (nSPS) is 26.5. The van der Waals surface area contributed by atoms with Crippen LogP contribution < -0.4 is 5.30 Å². The molecule has 0 N–H and O–H groups in total. The van der Waals surface area contributed by atoms with Crippen molar-refractivity contribution in [3.8, 4) is 0 Å². The second-order valence-corrected chi connectivity index (χ2v) is 14.0. The van der Waals surface area contributed by atoms with Gasteiger partial charge in [-0.2, -0.15) is 0 Å². The molecular weight excluding hydrogens is 418 g/mol. The van der Waals surface area contributed by atoms with Crippen molar-refractivity contribution in [1.82, 2.24) is 9.34 Å². The van der Waals surface area contributed by atoms with Gasteiger partial charge in [0.15, 0.2) is 7.14 Å². The van der Waals surface area contributed by atoms with Gasteiger partial charge in [0.2, 0.25) is 7.44 Å². The van der Waals surface area contributed by atoms with E-state index in [1.807, 2.05) is 42.0 Å². The summed E-state index contributed by atoms with van der Waals surface area (Å²) in [4.78, 5) is 0. The van der Waals surface area contributed by atoms with E-state index in [0.29, 0.717) is 57.7 Å². The van der Waals surface area contributed by atoms with Crippen molar-refractivity contribution in [2.45, 2.75) is 27.7 Å². The van der Waals surface area contributed by atoms with E-state index in [1.54, 1.807) is 0 Å². The molecule has 3 heterocycles. The monoisotopic (exact) mass is 450 g/mol. The van der Waals surface area contributed by atoms with Crippen molar-refractivity contribution in [3.05, 3.63) is 51.3 Å². The van der Waals surface area contributed by atoms with E-state index >= 15 is 4.57 Å². The summed E-state index contributed by atoms with van der Waals surface area (Å²) in [6, 6.07) is 4.16. The van der Waals surface area contributed by atoms with E-state index < -0.39 is 14.6 Å². The molecule has 1 atom stereocenters. The van der Waals surface area contributed by atoms with Crippen LogP contribution in [0.2, 0.25) is 0 Å². The number of allylic oxidation sites excluding steroid dienone is 2. The largest absolute Gasteiger partial charge is 0.379 e. The van der Waals surface area contributed by atoms with Crippen LogP contribution in [0.3, 0.4) is 0 Å². The van der Waals surface area contributed by atoms with Crippen LogP contribution in [0, 0.1) is 20.8 Å². The van der Waals surface area contributed by atoms with Crippen molar-refractivity contribution in [3.63, 3.8) is 0 Å². The van der Waals surface area contributed by atoms with Gasteiger partial charge >= 0.3 is 0 Å². The molecule has 1 aromatic carbocycles. The molecular formula is C22H32N2O4P2. The van der Waals surface area contributed by atoms with Gasteiger partial charge in [0.25, 0.3) is 0 Å². The first kappa shape index (κ1) is 22.2. The van der Waals surface area contributed by atoms with Gasteiger partial charge in [-0.1, -0.05) is 17.7 Å². The highest BCUT2D eigenvalue weighted by atomic mass is 31.2. The zero-order valence-electron chi connectivity index (χ0n) is 18.4. The number of ether oxygens (including phenoxy) is 2. The van der Waals surface area contributed by atoms with Crippen LogP contribution in [0.1, 0.15) is 23.6 Å². The van der Waals surface area contributed by atoms with E-state index in [0.717, 1.165) is 27.6 Å². The minimum Gasteiger partial charge on any atom is -0.379 e. The lowest BCUT2D eigenvalue weighted by molar-refractivity contribution is 0.0535. The molecule has 0 aromatic heterocycles. The summed E-state index contributed by atoms with van der Waals surface area (Å²) >= 11 is 0. The number of hydrogen-bond donors (Lipinski definition) is 0. The van der Waals surface area contributed by atoms with Crippen LogP contribution in [-0.2, 0) is 18.6 Å². The second kappa shape index (κ2) is 8.50. The van der Waals surface area contributed by atoms with Gasteiger partial charge in [-0.25, -0.2) is 9.34 Å². The highest BCUT2D eigenvalue weighted by molar-refractivity contribution is 7.91. The van der Waals surface area contributed by atoms with Gasteiger partial charge < -0.3 is 14.0 Å². The Kier molecular flexibility index (Phi) is 6.29. The molecule has 6 nitrogen and oxygen atoms in total. The Morgan fingerprint density at radius 1 is 0.867 bits per heavy atom. The lowest BCUT2D eigenvalue weighted by atomic mass is 10.1.